The zero-order valence-electron chi connectivity index (χ0n) is 14.3. The molecule has 0 aromatic carbocycles. The molecule has 0 aliphatic carbocycles. The Morgan fingerprint density at radius 3 is 1.54 bits per heavy atom. The van der Waals surface area contributed by atoms with E-state index in [-0.39, 0.29) is 51.4 Å². The Kier molecular flexibility index (Phi) is 9.99. The first-order valence-corrected chi connectivity index (χ1v) is 7.95. The molecule has 0 aliphatic rings. The molecule has 164 valence electrons. The molecule has 0 radical (unpaired) electrons. The Balaban J connectivity index is 0. The van der Waals surface area contributed by atoms with Crippen molar-refractivity contribution in [2.45, 2.75) is 35.6 Å². The molecule has 0 saturated carbocycles. The minimum atomic E-state index is -7.84. The van der Waals surface area contributed by atoms with E-state index in [1.54, 1.807) is 0 Å². The van der Waals surface area contributed by atoms with Crippen molar-refractivity contribution in [1.29, 1.82) is 0 Å². The van der Waals surface area contributed by atoms with Crippen molar-refractivity contribution in [1.82, 2.24) is 0 Å². The van der Waals surface area contributed by atoms with Crippen molar-refractivity contribution >= 4 is 10.0 Å². The summed E-state index contributed by atoms with van der Waals surface area (Å²) in [5.74, 6) is -23.2. The summed E-state index contributed by atoms with van der Waals surface area (Å²) in [5, 5.41) is 4.00. The number of sulfonamides is 1. The topological polar surface area (TPSA) is 71.3 Å². The van der Waals surface area contributed by atoms with Crippen LogP contribution in [-0.2, 0) is 10.0 Å². The second kappa shape index (κ2) is 9.05. The molecular formula is C10H12F11KN2O3S. The number of nitrogens with zero attached hydrogens (tertiary/aromatic N) is 2. The largest absolute Gasteiger partial charge is 1.00 e. The minimum Gasteiger partial charge on any atom is -0.633 e. The second-order valence-corrected chi connectivity index (χ2v) is 7.44. The summed E-state index contributed by atoms with van der Waals surface area (Å²) < 4.78 is 163. The maximum absolute atomic E-state index is 13.4. The first-order valence-electron chi connectivity index (χ1n) is 6.51. The van der Waals surface area contributed by atoms with Crippen LogP contribution in [0.25, 0.3) is 4.72 Å². The number of hydrogen-bond donors (Lipinski definition) is 0. The molecule has 0 aliphatic heterocycles. The molecule has 0 rings (SSSR count). The van der Waals surface area contributed by atoms with Crippen LogP contribution in [0.3, 0.4) is 0 Å². The molecule has 0 bridgehead atoms. The normalized spacial score (nSPS) is 15.4. The number of hydroxylamine groups is 3. The molecule has 0 atom stereocenters. The summed E-state index contributed by atoms with van der Waals surface area (Å²) in [5.41, 5.74) is 0. The van der Waals surface area contributed by atoms with E-state index >= 15 is 0 Å². The standard InChI is InChI=1S/C10H12F11N2O3S.K/c1-23(2,24)5-3-4-22-27(25,26)10(20,21)8(15,16)6(11,12)7(13,14)9(17,18)19;/h3-5H2,1-2H3;/q-1;+1. The molecule has 18 heteroatoms. The Morgan fingerprint density at radius 2 is 1.21 bits per heavy atom. The van der Waals surface area contributed by atoms with Crippen molar-refractivity contribution in [3.63, 3.8) is 0 Å². The van der Waals surface area contributed by atoms with E-state index in [0.29, 0.717) is 0 Å². The fourth-order valence-corrected chi connectivity index (χ4v) is 2.42. The molecule has 0 N–H and O–H groups in total. The summed E-state index contributed by atoms with van der Waals surface area (Å²) in [6.45, 7) is -1.80. The van der Waals surface area contributed by atoms with Crippen LogP contribution in [-0.4, -0.2) is 69.4 Å². The van der Waals surface area contributed by atoms with Gasteiger partial charge in [0.05, 0.1) is 20.6 Å². The summed E-state index contributed by atoms with van der Waals surface area (Å²) in [4.78, 5) is 0. The predicted octanol–water partition coefficient (Wildman–Crippen LogP) is 0.719. The van der Waals surface area contributed by atoms with Crippen LogP contribution in [0.4, 0.5) is 48.3 Å². The number of halogens is 11. The van der Waals surface area contributed by atoms with Gasteiger partial charge in [0.25, 0.3) is 0 Å². The maximum Gasteiger partial charge on any atom is 1.00 e. The third-order valence-corrected chi connectivity index (χ3v) is 4.38. The molecule has 0 aromatic heterocycles. The molecule has 0 aromatic rings. The van der Waals surface area contributed by atoms with E-state index in [1.165, 1.54) is 0 Å². The Labute approximate surface area is 194 Å². The van der Waals surface area contributed by atoms with Gasteiger partial charge in [0.15, 0.2) is 0 Å². The fraction of sp³-hybridized carbons (Fsp3) is 1.00. The maximum atomic E-state index is 13.4. The number of alkyl halides is 11. The molecule has 0 unspecified atom stereocenters. The SMILES string of the molecule is C[N+](C)([O-])CCC[N-]S(=O)(=O)C(F)(F)C(F)(F)C(F)(F)C(F)(F)C(F)(F)F.[K+]. The molecule has 0 saturated heterocycles. The number of hydrogen-bond acceptors (Lipinski definition) is 3. The summed E-state index contributed by atoms with van der Waals surface area (Å²) in [6.07, 6.45) is -8.03. The van der Waals surface area contributed by atoms with E-state index < -0.39 is 63.4 Å². The molecular weight excluding hydrogens is 476 g/mol. The van der Waals surface area contributed by atoms with Gasteiger partial charge in [0, 0.05) is 0 Å². The molecule has 0 spiro atoms. The van der Waals surface area contributed by atoms with Gasteiger partial charge in [-0.3, -0.25) is 0 Å². The van der Waals surface area contributed by atoms with Gasteiger partial charge in [0.2, 0.25) is 0 Å². The average Bonchev–Trinajstić information content (AvgIpc) is 2.40. The van der Waals surface area contributed by atoms with Gasteiger partial charge in [-0.2, -0.15) is 48.3 Å². The zero-order valence-corrected chi connectivity index (χ0v) is 18.2. The first-order chi connectivity index (χ1) is 11.5. The third-order valence-electron chi connectivity index (χ3n) is 2.95. The molecule has 0 heterocycles. The summed E-state index contributed by atoms with van der Waals surface area (Å²) >= 11 is 0. The molecule has 0 fully saturated rings. The average molecular weight is 488 g/mol. The van der Waals surface area contributed by atoms with E-state index in [2.05, 4.69) is 0 Å². The Bertz CT molecular complexity index is 632. The second-order valence-electron chi connectivity index (χ2n) is 5.72. The van der Waals surface area contributed by atoms with Gasteiger partial charge < -0.3 is 14.6 Å². The monoisotopic (exact) mass is 488 g/mol. The van der Waals surface area contributed by atoms with E-state index in [1.807, 2.05) is 4.72 Å². The van der Waals surface area contributed by atoms with Crippen molar-refractivity contribution in [2.24, 2.45) is 0 Å². The van der Waals surface area contributed by atoms with Crippen LogP contribution < -0.4 is 51.4 Å². The first kappa shape index (κ1) is 30.9. The van der Waals surface area contributed by atoms with E-state index in [4.69, 9.17) is 0 Å². The molecule has 5 nitrogen and oxygen atoms in total. The molecule has 28 heavy (non-hydrogen) atoms. The van der Waals surface area contributed by atoms with Crippen LogP contribution in [0.2, 0.25) is 0 Å². The van der Waals surface area contributed by atoms with Crippen LogP contribution in [0.5, 0.6) is 0 Å². The zero-order chi connectivity index (χ0) is 22.3. The van der Waals surface area contributed by atoms with Crippen LogP contribution >= 0.6 is 0 Å². The van der Waals surface area contributed by atoms with Gasteiger partial charge in [0.1, 0.15) is 10.0 Å². The summed E-state index contributed by atoms with van der Waals surface area (Å²) in [6, 6.07) is 0. The Morgan fingerprint density at radius 1 is 0.821 bits per heavy atom. The van der Waals surface area contributed by atoms with Crippen LogP contribution in [0.15, 0.2) is 0 Å². The van der Waals surface area contributed by atoms with Gasteiger partial charge in [-0.1, -0.05) is 0 Å². The number of rotatable bonds is 9. The van der Waals surface area contributed by atoms with Gasteiger partial charge >= 0.3 is 80.6 Å². The van der Waals surface area contributed by atoms with Crippen molar-refractivity contribution in [3.8, 4) is 0 Å². The third kappa shape index (κ3) is 5.89. The van der Waals surface area contributed by atoms with Gasteiger partial charge in [-0.15, -0.1) is 6.54 Å². The van der Waals surface area contributed by atoms with Crippen LogP contribution in [0.1, 0.15) is 6.42 Å². The smallest absolute Gasteiger partial charge is 0.633 e. The minimum absolute atomic E-state index is 0. The van der Waals surface area contributed by atoms with Crippen molar-refractivity contribution in [2.75, 3.05) is 27.2 Å². The van der Waals surface area contributed by atoms with Crippen molar-refractivity contribution < 1.29 is 113 Å². The van der Waals surface area contributed by atoms with E-state index in [0.717, 1.165) is 14.1 Å². The number of quaternary nitrogens is 1. The van der Waals surface area contributed by atoms with Gasteiger partial charge in [-0.05, 0) is 6.42 Å². The van der Waals surface area contributed by atoms with Crippen LogP contribution in [0, 0.1) is 5.21 Å². The fourth-order valence-electron chi connectivity index (χ4n) is 1.44. The quantitative estimate of drug-likeness (QED) is 0.158. The van der Waals surface area contributed by atoms with Gasteiger partial charge in [-0.25, -0.2) is 8.42 Å². The van der Waals surface area contributed by atoms with E-state index in [9.17, 15) is 61.9 Å². The van der Waals surface area contributed by atoms with Crippen molar-refractivity contribution in [3.05, 3.63) is 9.93 Å². The predicted molar refractivity (Wildman–Crippen MR) is 67.9 cm³/mol. The Hall–Kier alpha value is 0.696. The summed E-state index contributed by atoms with van der Waals surface area (Å²) in [7, 11) is -4.98. The molecule has 0 amide bonds.